The van der Waals surface area contributed by atoms with Crippen molar-refractivity contribution in [3.05, 3.63) is 26.2 Å². The molecule has 0 spiro atoms. The van der Waals surface area contributed by atoms with Gasteiger partial charge < -0.3 is 9.84 Å². The summed E-state index contributed by atoms with van der Waals surface area (Å²) in [4.78, 5) is 14.6. The van der Waals surface area contributed by atoms with Crippen molar-refractivity contribution < 1.29 is 14.6 Å². The Hall–Kier alpha value is -0.800. The van der Waals surface area contributed by atoms with Crippen LogP contribution in [0.3, 0.4) is 0 Å². The Bertz CT molecular complexity index is 646. The Labute approximate surface area is 153 Å². The lowest BCUT2D eigenvalue weighted by atomic mass is 10.2. The van der Waals surface area contributed by atoms with Crippen LogP contribution < -0.4 is 4.74 Å². The lowest BCUT2D eigenvalue weighted by molar-refractivity contribution is -0.122. The second kappa shape index (κ2) is 7.65. The maximum absolute atomic E-state index is 12.3. The number of hydrogen-bond donors (Lipinski definition) is 1. The van der Waals surface area contributed by atoms with Crippen molar-refractivity contribution in [3.63, 3.8) is 0 Å². The molecule has 0 radical (unpaired) electrons. The van der Waals surface area contributed by atoms with Gasteiger partial charge in [0.25, 0.3) is 5.91 Å². The monoisotopic (exact) mass is 449 g/mol. The zero-order chi connectivity index (χ0) is 16.3. The molecule has 22 heavy (non-hydrogen) atoms. The number of carbonyl (C=O) groups excluding carboxylic acids is 1. The molecule has 4 nitrogen and oxygen atoms in total. The van der Waals surface area contributed by atoms with Gasteiger partial charge in [0.1, 0.15) is 4.32 Å². The lowest BCUT2D eigenvalue weighted by Gasteiger charge is -2.12. The fourth-order valence-electron chi connectivity index (χ4n) is 2.01. The summed E-state index contributed by atoms with van der Waals surface area (Å²) in [6.07, 6.45) is 2.66. The highest BCUT2D eigenvalue weighted by atomic mass is 127. The third-order valence-corrected chi connectivity index (χ3v) is 5.17. The third-order valence-electron chi connectivity index (χ3n) is 2.97. The molecular formula is C15H16INO3S2. The van der Waals surface area contributed by atoms with Crippen molar-refractivity contribution >= 4 is 62.9 Å². The number of nitrogens with zero attached hydrogens (tertiary/aromatic N) is 1. The van der Waals surface area contributed by atoms with Crippen molar-refractivity contribution in [2.24, 2.45) is 0 Å². The van der Waals surface area contributed by atoms with Gasteiger partial charge in [0.15, 0.2) is 11.5 Å². The van der Waals surface area contributed by atoms with Gasteiger partial charge in [0.2, 0.25) is 0 Å². The summed E-state index contributed by atoms with van der Waals surface area (Å²) in [5.74, 6) is 0.487. The van der Waals surface area contributed by atoms with Crippen LogP contribution in [0.5, 0.6) is 11.5 Å². The molecule has 1 saturated heterocycles. The van der Waals surface area contributed by atoms with Crippen LogP contribution in [0.1, 0.15) is 25.8 Å². The van der Waals surface area contributed by atoms with Crippen molar-refractivity contribution in [2.45, 2.75) is 20.3 Å². The average molecular weight is 449 g/mol. The molecule has 1 N–H and O–H groups in total. The summed E-state index contributed by atoms with van der Waals surface area (Å²) >= 11 is 8.60. The molecule has 1 aromatic rings. The number of ether oxygens (including phenoxy) is 1. The number of rotatable bonds is 5. The van der Waals surface area contributed by atoms with E-state index >= 15 is 0 Å². The highest BCUT2D eigenvalue weighted by molar-refractivity contribution is 14.1. The lowest BCUT2D eigenvalue weighted by Crippen LogP contribution is -2.28. The number of phenolic OH excluding ortho intramolecular Hbond substituents is 1. The van der Waals surface area contributed by atoms with Crippen molar-refractivity contribution in [1.29, 1.82) is 0 Å². The van der Waals surface area contributed by atoms with Gasteiger partial charge in [-0.25, -0.2) is 0 Å². The standard InChI is InChI=1S/C15H16INO3S2/c1-3-5-17-14(19)12(22-15(17)21)8-9-6-10(16)13(18)11(7-9)20-4-2/h6-8,18H,3-5H2,1-2H3/b12-8+. The second-order valence-electron chi connectivity index (χ2n) is 4.62. The molecule has 1 amide bonds. The number of thiocarbonyl (C=S) groups is 1. The van der Waals surface area contributed by atoms with Crippen LogP contribution in [0.25, 0.3) is 6.08 Å². The van der Waals surface area contributed by atoms with E-state index in [-0.39, 0.29) is 11.7 Å². The van der Waals surface area contributed by atoms with E-state index in [1.54, 1.807) is 17.0 Å². The van der Waals surface area contributed by atoms with Crippen LogP contribution in [-0.4, -0.2) is 33.4 Å². The van der Waals surface area contributed by atoms with Gasteiger partial charge >= 0.3 is 0 Å². The van der Waals surface area contributed by atoms with E-state index in [9.17, 15) is 9.90 Å². The second-order valence-corrected chi connectivity index (χ2v) is 7.45. The quantitative estimate of drug-likeness (QED) is 0.419. The number of halogens is 1. The third kappa shape index (κ3) is 3.75. The van der Waals surface area contributed by atoms with Crippen LogP contribution in [-0.2, 0) is 4.79 Å². The van der Waals surface area contributed by atoms with Gasteiger partial charge in [-0.1, -0.05) is 30.9 Å². The van der Waals surface area contributed by atoms with Gasteiger partial charge in [-0.2, -0.15) is 0 Å². The van der Waals surface area contributed by atoms with Crippen molar-refractivity contribution in [3.8, 4) is 11.5 Å². The fraction of sp³-hybridized carbons (Fsp3) is 0.333. The predicted molar refractivity (Wildman–Crippen MR) is 102 cm³/mol. The minimum absolute atomic E-state index is 0.0575. The maximum Gasteiger partial charge on any atom is 0.266 e. The molecule has 118 valence electrons. The van der Waals surface area contributed by atoms with E-state index in [1.165, 1.54) is 11.8 Å². The Morgan fingerprint density at radius 3 is 2.82 bits per heavy atom. The van der Waals surface area contributed by atoms with Crippen molar-refractivity contribution in [2.75, 3.05) is 13.2 Å². The number of amides is 1. The normalized spacial score (nSPS) is 16.7. The van der Waals surface area contributed by atoms with Crippen LogP contribution in [0.4, 0.5) is 0 Å². The van der Waals surface area contributed by atoms with Crippen LogP contribution in [0.15, 0.2) is 17.0 Å². The Morgan fingerprint density at radius 1 is 1.45 bits per heavy atom. The molecule has 0 saturated carbocycles. The van der Waals surface area contributed by atoms with E-state index in [2.05, 4.69) is 0 Å². The molecular weight excluding hydrogens is 433 g/mol. The average Bonchev–Trinajstić information content (AvgIpc) is 2.72. The molecule has 1 heterocycles. The van der Waals surface area contributed by atoms with Crippen molar-refractivity contribution in [1.82, 2.24) is 4.90 Å². The number of hydrogen-bond acceptors (Lipinski definition) is 5. The first-order valence-electron chi connectivity index (χ1n) is 6.88. The minimum atomic E-state index is -0.0575. The smallest absolute Gasteiger partial charge is 0.266 e. The molecule has 7 heteroatoms. The van der Waals surface area contributed by atoms with E-state index in [0.29, 0.717) is 31.7 Å². The van der Waals surface area contributed by atoms with E-state index in [0.717, 1.165) is 12.0 Å². The summed E-state index contributed by atoms with van der Waals surface area (Å²) in [6, 6.07) is 3.54. The first-order valence-corrected chi connectivity index (χ1v) is 9.19. The topological polar surface area (TPSA) is 49.8 Å². The summed E-state index contributed by atoms with van der Waals surface area (Å²) in [7, 11) is 0. The van der Waals surface area contributed by atoms with Gasteiger partial charge in [0, 0.05) is 6.54 Å². The first-order chi connectivity index (χ1) is 10.5. The largest absolute Gasteiger partial charge is 0.504 e. The molecule has 1 aliphatic heterocycles. The van der Waals surface area contributed by atoms with Gasteiger partial charge in [-0.3, -0.25) is 9.69 Å². The summed E-state index contributed by atoms with van der Waals surface area (Å²) in [5.41, 5.74) is 0.808. The Balaban J connectivity index is 2.33. The summed E-state index contributed by atoms with van der Waals surface area (Å²) in [6.45, 7) is 4.97. The number of carbonyl (C=O) groups is 1. The van der Waals surface area contributed by atoms with E-state index in [4.69, 9.17) is 17.0 Å². The first kappa shape index (κ1) is 17.6. The molecule has 0 unspecified atom stereocenters. The van der Waals surface area contributed by atoms with E-state index in [1.807, 2.05) is 42.5 Å². The molecule has 1 aromatic carbocycles. The minimum Gasteiger partial charge on any atom is -0.504 e. The molecule has 0 aromatic heterocycles. The molecule has 0 aliphatic carbocycles. The highest BCUT2D eigenvalue weighted by Crippen LogP contribution is 2.36. The van der Waals surface area contributed by atoms with E-state index < -0.39 is 0 Å². The summed E-state index contributed by atoms with van der Waals surface area (Å²) < 4.78 is 6.69. The zero-order valence-electron chi connectivity index (χ0n) is 12.3. The predicted octanol–water partition coefficient (Wildman–Crippen LogP) is 4.01. The maximum atomic E-state index is 12.3. The molecule has 0 atom stereocenters. The van der Waals surface area contributed by atoms with Crippen LogP contribution >= 0.6 is 46.6 Å². The zero-order valence-corrected chi connectivity index (χ0v) is 16.0. The van der Waals surface area contributed by atoms with Gasteiger partial charge in [-0.05, 0) is 59.7 Å². The number of aromatic hydroxyl groups is 1. The van der Waals surface area contributed by atoms with Crippen LogP contribution in [0, 0.1) is 3.57 Å². The fourth-order valence-corrected chi connectivity index (χ4v) is 3.94. The molecule has 1 fully saturated rings. The Kier molecular flexibility index (Phi) is 6.10. The number of thioether (sulfide) groups is 1. The summed E-state index contributed by atoms with van der Waals surface area (Å²) in [5, 5.41) is 9.97. The number of phenols is 1. The molecule has 2 rings (SSSR count). The number of benzene rings is 1. The Morgan fingerprint density at radius 2 is 2.18 bits per heavy atom. The van der Waals surface area contributed by atoms with Crippen LogP contribution in [0.2, 0.25) is 0 Å². The highest BCUT2D eigenvalue weighted by Gasteiger charge is 2.31. The van der Waals surface area contributed by atoms with Gasteiger partial charge in [-0.15, -0.1) is 0 Å². The molecule has 1 aliphatic rings. The molecule has 0 bridgehead atoms. The SMILES string of the molecule is CCCN1C(=O)/C(=C\c2cc(I)c(O)c(OCC)c2)SC1=S. The van der Waals surface area contributed by atoms with Gasteiger partial charge in [0.05, 0.1) is 15.1 Å².